The zero-order valence-electron chi connectivity index (χ0n) is 17.0. The Labute approximate surface area is 156 Å². The summed E-state index contributed by atoms with van der Waals surface area (Å²) in [6.07, 6.45) is 9.16. The highest BCUT2D eigenvalue weighted by Gasteiger charge is 2.44. The average molecular weight is 346 g/mol. The summed E-state index contributed by atoms with van der Waals surface area (Å²) >= 11 is 0. The van der Waals surface area contributed by atoms with E-state index in [9.17, 15) is 4.79 Å². The molecule has 0 bridgehead atoms. The molecule has 1 atom stereocenters. The summed E-state index contributed by atoms with van der Waals surface area (Å²) in [5, 5.41) is 0. The van der Waals surface area contributed by atoms with Gasteiger partial charge in [-0.2, -0.15) is 0 Å². The van der Waals surface area contributed by atoms with Crippen molar-refractivity contribution < 1.29 is 6.22 Å². The van der Waals surface area contributed by atoms with Crippen molar-refractivity contribution in [3.05, 3.63) is 35.4 Å². The minimum atomic E-state index is -0.191. The van der Waals surface area contributed by atoms with Crippen LogP contribution < -0.4 is 0 Å². The van der Waals surface area contributed by atoms with Gasteiger partial charge in [-0.05, 0) is 50.7 Å². The Morgan fingerprint density at radius 3 is 2.44 bits per heavy atom. The lowest BCUT2D eigenvalue weighted by molar-refractivity contribution is -0.144. The van der Waals surface area contributed by atoms with E-state index in [0.29, 0.717) is 11.9 Å². The summed E-state index contributed by atoms with van der Waals surface area (Å²) in [7, 11) is 0. The fourth-order valence-electron chi connectivity index (χ4n) is 4.72. The fraction of sp³-hybridized carbons (Fsp3) is 0.696. The topological polar surface area (TPSA) is 20.3 Å². The van der Waals surface area contributed by atoms with Crippen LogP contribution in [0.25, 0.3) is 0 Å². The number of nitrogens with zero attached hydrogens (tertiary/aromatic N) is 1. The Kier molecular flexibility index (Phi) is 7.10. The Morgan fingerprint density at radius 2 is 1.80 bits per heavy atom. The molecule has 0 aromatic heterocycles. The third-order valence-electron chi connectivity index (χ3n) is 5.93. The third-order valence-corrected chi connectivity index (χ3v) is 5.93. The van der Waals surface area contributed by atoms with Gasteiger partial charge in [0.25, 0.3) is 0 Å². The Hall–Kier alpha value is -1.31. The van der Waals surface area contributed by atoms with Gasteiger partial charge in [-0.25, -0.2) is 0 Å². The molecule has 0 radical (unpaired) electrons. The van der Waals surface area contributed by atoms with Crippen LogP contribution >= 0.6 is 0 Å². The molecular weight excluding hydrogens is 306 g/mol. The zero-order chi connectivity index (χ0) is 18.4. The first-order valence-corrected chi connectivity index (χ1v) is 10.5. The lowest BCUT2D eigenvalue weighted by Crippen LogP contribution is -2.51. The van der Waals surface area contributed by atoms with E-state index in [-0.39, 0.29) is 12.9 Å². The van der Waals surface area contributed by atoms with Crippen molar-refractivity contribution >= 4 is 5.91 Å². The van der Waals surface area contributed by atoms with E-state index in [4.69, 9.17) is 0 Å². The van der Waals surface area contributed by atoms with Crippen molar-refractivity contribution in [3.63, 3.8) is 0 Å². The SMILES string of the molecule is CC.CCCCC1Cc2ccccc2C(C)(C)N(C2CCCC2)C1=O.[HH]. The van der Waals surface area contributed by atoms with E-state index in [2.05, 4.69) is 49.9 Å². The first-order chi connectivity index (χ1) is 12.1. The standard InChI is InChI=1S/C21H31NO.C2H6.H2/c1-4-5-10-17-15-16-11-6-9-14-19(16)21(2,3)22(20(17)23)18-12-7-8-13-18;1-2;/h6,9,11,14,17-18H,4-5,7-8,10,12-13,15H2,1-3H3;1-2H3;1H. The molecule has 3 rings (SSSR count). The first kappa shape index (κ1) is 20.0. The number of unbranched alkanes of at least 4 members (excludes halogenated alkanes) is 1. The number of benzene rings is 1. The number of carbonyl (C=O) groups excluding carboxylic acids is 1. The van der Waals surface area contributed by atoms with E-state index in [0.717, 1.165) is 25.7 Å². The van der Waals surface area contributed by atoms with Gasteiger partial charge in [-0.15, -0.1) is 0 Å². The molecule has 1 aliphatic carbocycles. The molecule has 1 aromatic carbocycles. The number of hydrogen-bond acceptors (Lipinski definition) is 1. The molecule has 1 amide bonds. The van der Waals surface area contributed by atoms with E-state index >= 15 is 0 Å². The van der Waals surface area contributed by atoms with E-state index in [1.54, 1.807) is 0 Å². The van der Waals surface area contributed by atoms with Gasteiger partial charge in [0.1, 0.15) is 0 Å². The predicted molar refractivity (Wildman–Crippen MR) is 109 cm³/mol. The maximum atomic E-state index is 13.4. The molecule has 1 aromatic rings. The molecule has 2 nitrogen and oxygen atoms in total. The van der Waals surface area contributed by atoms with Crippen LogP contribution in [0, 0.1) is 5.92 Å². The molecule has 2 heteroatoms. The highest BCUT2D eigenvalue weighted by Crippen LogP contribution is 2.41. The second-order valence-corrected chi connectivity index (χ2v) is 7.91. The monoisotopic (exact) mass is 345 g/mol. The average Bonchev–Trinajstić information content (AvgIpc) is 3.11. The van der Waals surface area contributed by atoms with Crippen molar-refractivity contribution in [1.29, 1.82) is 0 Å². The van der Waals surface area contributed by atoms with Gasteiger partial charge < -0.3 is 4.90 Å². The highest BCUT2D eigenvalue weighted by molar-refractivity contribution is 5.81. The van der Waals surface area contributed by atoms with Gasteiger partial charge in [0, 0.05) is 13.4 Å². The maximum Gasteiger partial charge on any atom is 0.226 e. The number of carbonyl (C=O) groups is 1. The van der Waals surface area contributed by atoms with Gasteiger partial charge in [-0.1, -0.05) is 70.7 Å². The van der Waals surface area contributed by atoms with Crippen LogP contribution in [0.15, 0.2) is 24.3 Å². The van der Waals surface area contributed by atoms with Crippen LogP contribution in [0.2, 0.25) is 0 Å². The smallest absolute Gasteiger partial charge is 0.226 e. The van der Waals surface area contributed by atoms with Crippen LogP contribution in [0.4, 0.5) is 0 Å². The lowest BCUT2D eigenvalue weighted by Gasteiger charge is -2.43. The molecule has 142 valence electrons. The first-order valence-electron chi connectivity index (χ1n) is 10.5. The van der Waals surface area contributed by atoms with Crippen molar-refractivity contribution in [2.45, 2.75) is 97.6 Å². The molecule has 1 fully saturated rings. The summed E-state index contributed by atoms with van der Waals surface area (Å²) in [5.41, 5.74) is 2.55. The predicted octanol–water partition coefficient (Wildman–Crippen LogP) is 6.33. The fourth-order valence-corrected chi connectivity index (χ4v) is 4.72. The van der Waals surface area contributed by atoms with Crippen molar-refractivity contribution in [2.75, 3.05) is 0 Å². The lowest BCUT2D eigenvalue weighted by atomic mass is 9.87. The number of rotatable bonds is 4. The second kappa shape index (κ2) is 8.87. The molecule has 0 spiro atoms. The van der Waals surface area contributed by atoms with Crippen molar-refractivity contribution in [1.82, 2.24) is 4.90 Å². The minimum Gasteiger partial charge on any atom is -0.330 e. The number of amides is 1. The summed E-state index contributed by atoms with van der Waals surface area (Å²) in [6, 6.07) is 9.17. The van der Waals surface area contributed by atoms with Gasteiger partial charge in [-0.3, -0.25) is 4.79 Å². The molecule has 0 N–H and O–H groups in total. The van der Waals surface area contributed by atoms with E-state index < -0.39 is 0 Å². The van der Waals surface area contributed by atoms with E-state index in [1.807, 2.05) is 13.8 Å². The van der Waals surface area contributed by atoms with E-state index in [1.165, 1.54) is 36.8 Å². The minimum absolute atomic E-state index is 0. The molecule has 1 heterocycles. The van der Waals surface area contributed by atoms with Crippen LogP contribution in [0.5, 0.6) is 0 Å². The van der Waals surface area contributed by atoms with Gasteiger partial charge >= 0.3 is 0 Å². The van der Waals surface area contributed by atoms with Crippen LogP contribution in [-0.2, 0) is 16.8 Å². The van der Waals surface area contributed by atoms with Gasteiger partial charge in [0.2, 0.25) is 5.91 Å². The quantitative estimate of drug-likeness (QED) is 0.624. The Bertz CT molecular complexity index is 563. The molecule has 2 aliphatic rings. The summed E-state index contributed by atoms with van der Waals surface area (Å²) in [4.78, 5) is 15.7. The van der Waals surface area contributed by atoms with Crippen molar-refractivity contribution in [3.8, 4) is 0 Å². The number of fused-ring (bicyclic) bond motifs is 1. The maximum absolute atomic E-state index is 13.4. The van der Waals surface area contributed by atoms with Crippen molar-refractivity contribution in [2.24, 2.45) is 5.92 Å². The molecule has 0 saturated heterocycles. The normalized spacial score (nSPS) is 22.8. The zero-order valence-corrected chi connectivity index (χ0v) is 17.0. The Balaban J connectivity index is 0.00000109. The molecule has 1 saturated carbocycles. The van der Waals surface area contributed by atoms with Gasteiger partial charge in [0.05, 0.1) is 5.54 Å². The summed E-state index contributed by atoms with van der Waals surface area (Å²) in [6.45, 7) is 10.7. The molecule has 1 aliphatic heterocycles. The van der Waals surface area contributed by atoms with Crippen LogP contribution in [0.3, 0.4) is 0 Å². The summed E-state index contributed by atoms with van der Waals surface area (Å²) < 4.78 is 0. The molecular formula is C23H39NO. The molecule has 1 unspecified atom stereocenters. The molecule has 25 heavy (non-hydrogen) atoms. The summed E-state index contributed by atoms with van der Waals surface area (Å²) in [5.74, 6) is 0.574. The van der Waals surface area contributed by atoms with Gasteiger partial charge in [0.15, 0.2) is 0 Å². The van der Waals surface area contributed by atoms with Crippen LogP contribution in [0.1, 0.15) is 92.1 Å². The third kappa shape index (κ3) is 4.10. The van der Waals surface area contributed by atoms with Crippen LogP contribution in [-0.4, -0.2) is 16.8 Å². The largest absolute Gasteiger partial charge is 0.330 e. The highest BCUT2D eigenvalue weighted by atomic mass is 16.2. The number of hydrogen-bond donors (Lipinski definition) is 0. The Morgan fingerprint density at radius 1 is 1.16 bits per heavy atom. The second-order valence-electron chi connectivity index (χ2n) is 7.91.